The first-order chi connectivity index (χ1) is 14.1. The molecule has 0 bridgehead atoms. The van der Waals surface area contributed by atoms with Gasteiger partial charge in [-0.2, -0.15) is 0 Å². The number of nitrogens with zero attached hydrogens (tertiary/aromatic N) is 1. The largest absolute Gasteiger partial charge is 0.374 e. The number of rotatable bonds is 4. The van der Waals surface area contributed by atoms with Crippen LogP contribution in [0.4, 0.5) is 5.69 Å². The van der Waals surface area contributed by atoms with E-state index in [1.807, 2.05) is 47.4 Å². The Balaban J connectivity index is 1.32. The summed E-state index contributed by atoms with van der Waals surface area (Å²) in [5, 5.41) is 5.57. The predicted octanol–water partition coefficient (Wildman–Crippen LogP) is 2.92. The number of amides is 3. The van der Waals surface area contributed by atoms with Crippen molar-refractivity contribution in [3.05, 3.63) is 65.7 Å². The van der Waals surface area contributed by atoms with Crippen LogP contribution in [0.2, 0.25) is 0 Å². The Morgan fingerprint density at radius 3 is 2.28 bits per heavy atom. The van der Waals surface area contributed by atoms with Gasteiger partial charge in [0, 0.05) is 30.8 Å². The molecule has 150 valence electrons. The summed E-state index contributed by atoms with van der Waals surface area (Å²) in [5.41, 5.74) is 2.88. The van der Waals surface area contributed by atoms with Gasteiger partial charge >= 0.3 is 0 Å². The molecule has 4 rings (SSSR count). The average molecular weight is 391 g/mol. The number of anilines is 1. The van der Waals surface area contributed by atoms with E-state index in [1.54, 1.807) is 0 Å². The molecule has 6 nitrogen and oxygen atoms in total. The van der Waals surface area contributed by atoms with Gasteiger partial charge in [-0.1, -0.05) is 30.3 Å². The first-order valence-electron chi connectivity index (χ1n) is 10.1. The van der Waals surface area contributed by atoms with E-state index in [0.29, 0.717) is 18.8 Å². The third-order valence-corrected chi connectivity index (χ3v) is 5.77. The van der Waals surface area contributed by atoms with Crippen LogP contribution in [0.3, 0.4) is 0 Å². The number of benzene rings is 2. The molecule has 2 aliphatic rings. The molecule has 2 aromatic carbocycles. The second-order valence-electron chi connectivity index (χ2n) is 7.70. The van der Waals surface area contributed by atoms with Crippen molar-refractivity contribution < 1.29 is 14.4 Å². The van der Waals surface area contributed by atoms with Crippen molar-refractivity contribution in [1.29, 1.82) is 0 Å². The second kappa shape index (κ2) is 8.47. The van der Waals surface area contributed by atoms with Crippen molar-refractivity contribution >= 4 is 23.4 Å². The summed E-state index contributed by atoms with van der Waals surface area (Å²) in [6.07, 6.45) is 2.76. The van der Waals surface area contributed by atoms with E-state index in [0.717, 1.165) is 37.2 Å². The lowest BCUT2D eigenvalue weighted by Gasteiger charge is -2.32. The van der Waals surface area contributed by atoms with Crippen LogP contribution in [0.1, 0.15) is 47.5 Å². The first-order valence-corrected chi connectivity index (χ1v) is 10.1. The monoisotopic (exact) mass is 391 g/mol. The van der Waals surface area contributed by atoms with Gasteiger partial charge in [-0.25, -0.2) is 0 Å². The molecule has 0 aliphatic carbocycles. The molecular weight excluding hydrogens is 366 g/mol. The summed E-state index contributed by atoms with van der Waals surface area (Å²) in [6, 6.07) is 17.2. The van der Waals surface area contributed by atoms with Gasteiger partial charge in [0.25, 0.3) is 5.91 Å². The Kier molecular flexibility index (Phi) is 5.60. The van der Waals surface area contributed by atoms with E-state index in [4.69, 9.17) is 0 Å². The molecule has 0 saturated carbocycles. The van der Waals surface area contributed by atoms with Gasteiger partial charge in [-0.15, -0.1) is 0 Å². The first kappa shape index (κ1) is 19.2. The third kappa shape index (κ3) is 4.47. The highest BCUT2D eigenvalue weighted by molar-refractivity contribution is 6.01. The van der Waals surface area contributed by atoms with Gasteiger partial charge in [0.15, 0.2) is 0 Å². The number of nitrogens with one attached hydrogen (secondary N) is 2. The van der Waals surface area contributed by atoms with Crippen molar-refractivity contribution in [2.45, 2.75) is 37.6 Å². The standard InChI is InChI=1S/C23H25N3O3/c27-21-11-10-20(22(28)25-21)24-19-8-6-16(7-9-19)17-12-14-26(15-13-17)23(29)18-4-2-1-3-5-18/h1-9,17,20,24H,10-15H2,(H,25,27,28). The van der Waals surface area contributed by atoms with Crippen LogP contribution in [0.15, 0.2) is 54.6 Å². The normalized spacial score (nSPS) is 20.3. The van der Waals surface area contributed by atoms with Crippen molar-refractivity contribution in [2.75, 3.05) is 18.4 Å². The molecule has 0 spiro atoms. The molecule has 0 radical (unpaired) electrons. The maximum absolute atomic E-state index is 12.6. The number of imide groups is 1. The molecule has 2 aromatic rings. The number of carbonyl (C=O) groups excluding carboxylic acids is 3. The molecule has 2 fully saturated rings. The number of hydrogen-bond acceptors (Lipinski definition) is 4. The minimum absolute atomic E-state index is 0.104. The summed E-state index contributed by atoms with van der Waals surface area (Å²) < 4.78 is 0. The van der Waals surface area contributed by atoms with Crippen molar-refractivity contribution in [3.63, 3.8) is 0 Å². The second-order valence-corrected chi connectivity index (χ2v) is 7.70. The molecular formula is C23H25N3O3. The van der Waals surface area contributed by atoms with Crippen LogP contribution >= 0.6 is 0 Å². The van der Waals surface area contributed by atoms with E-state index in [-0.39, 0.29) is 23.8 Å². The fourth-order valence-corrected chi connectivity index (χ4v) is 4.06. The fourth-order valence-electron chi connectivity index (χ4n) is 4.06. The molecule has 29 heavy (non-hydrogen) atoms. The highest BCUT2D eigenvalue weighted by atomic mass is 16.2. The fraction of sp³-hybridized carbons (Fsp3) is 0.348. The smallest absolute Gasteiger partial charge is 0.253 e. The minimum atomic E-state index is -0.370. The topological polar surface area (TPSA) is 78.5 Å². The lowest BCUT2D eigenvalue weighted by atomic mass is 9.89. The van der Waals surface area contributed by atoms with Crippen LogP contribution in [0, 0.1) is 0 Å². The van der Waals surface area contributed by atoms with E-state index < -0.39 is 0 Å². The van der Waals surface area contributed by atoms with Gasteiger partial charge in [-0.05, 0) is 55.0 Å². The van der Waals surface area contributed by atoms with Crippen LogP contribution in [0.5, 0.6) is 0 Å². The molecule has 1 unspecified atom stereocenters. The molecule has 6 heteroatoms. The van der Waals surface area contributed by atoms with Crippen molar-refractivity contribution in [2.24, 2.45) is 0 Å². The molecule has 0 aromatic heterocycles. The van der Waals surface area contributed by atoms with Gasteiger partial charge in [0.2, 0.25) is 11.8 Å². The lowest BCUT2D eigenvalue weighted by Crippen LogP contribution is -2.47. The highest BCUT2D eigenvalue weighted by Crippen LogP contribution is 2.29. The zero-order valence-corrected chi connectivity index (χ0v) is 16.3. The Bertz CT molecular complexity index is 887. The predicted molar refractivity (Wildman–Crippen MR) is 111 cm³/mol. The molecule has 3 amide bonds. The third-order valence-electron chi connectivity index (χ3n) is 5.77. The Morgan fingerprint density at radius 2 is 1.62 bits per heavy atom. The van der Waals surface area contributed by atoms with Crippen LogP contribution in [0.25, 0.3) is 0 Å². The van der Waals surface area contributed by atoms with E-state index in [9.17, 15) is 14.4 Å². The zero-order valence-electron chi connectivity index (χ0n) is 16.3. The Hall–Kier alpha value is -3.15. The average Bonchev–Trinajstić information content (AvgIpc) is 2.76. The van der Waals surface area contributed by atoms with Gasteiger partial charge in [-0.3, -0.25) is 19.7 Å². The number of hydrogen-bond donors (Lipinski definition) is 2. The van der Waals surface area contributed by atoms with Crippen molar-refractivity contribution in [1.82, 2.24) is 10.2 Å². The Morgan fingerprint density at radius 1 is 0.931 bits per heavy atom. The van der Waals surface area contributed by atoms with Crippen LogP contribution in [-0.4, -0.2) is 41.8 Å². The highest BCUT2D eigenvalue weighted by Gasteiger charge is 2.27. The van der Waals surface area contributed by atoms with Gasteiger partial charge < -0.3 is 10.2 Å². The molecule has 2 heterocycles. The molecule has 2 N–H and O–H groups in total. The van der Waals surface area contributed by atoms with Crippen molar-refractivity contribution in [3.8, 4) is 0 Å². The zero-order chi connectivity index (χ0) is 20.2. The van der Waals surface area contributed by atoms with Gasteiger partial charge in [0.05, 0.1) is 0 Å². The SMILES string of the molecule is O=C1CCC(Nc2ccc(C3CCN(C(=O)c4ccccc4)CC3)cc2)C(=O)N1. The number of piperidine rings is 2. The maximum Gasteiger partial charge on any atom is 0.253 e. The quantitative estimate of drug-likeness (QED) is 0.786. The summed E-state index contributed by atoms with van der Waals surface area (Å²) in [6.45, 7) is 1.52. The minimum Gasteiger partial charge on any atom is -0.374 e. The molecule has 2 saturated heterocycles. The maximum atomic E-state index is 12.6. The summed E-state index contributed by atoms with van der Waals surface area (Å²) in [7, 11) is 0. The summed E-state index contributed by atoms with van der Waals surface area (Å²) in [4.78, 5) is 37.7. The van der Waals surface area contributed by atoms with Gasteiger partial charge in [0.1, 0.15) is 6.04 Å². The Labute approximate surface area is 170 Å². The lowest BCUT2D eigenvalue weighted by molar-refractivity contribution is -0.133. The molecule has 1 atom stereocenters. The molecule has 2 aliphatic heterocycles. The van der Waals surface area contributed by atoms with E-state index in [2.05, 4.69) is 22.8 Å². The van der Waals surface area contributed by atoms with Crippen LogP contribution < -0.4 is 10.6 Å². The number of likely N-dealkylation sites (tertiary alicyclic amines) is 1. The van der Waals surface area contributed by atoms with E-state index in [1.165, 1.54) is 5.56 Å². The number of carbonyl (C=O) groups is 3. The van der Waals surface area contributed by atoms with Crippen LogP contribution in [-0.2, 0) is 9.59 Å². The van der Waals surface area contributed by atoms with E-state index >= 15 is 0 Å². The summed E-state index contributed by atoms with van der Waals surface area (Å²) >= 11 is 0. The summed E-state index contributed by atoms with van der Waals surface area (Å²) in [5.74, 6) is 0.0635.